The van der Waals surface area contributed by atoms with Crippen molar-refractivity contribution in [2.24, 2.45) is 7.05 Å². The Bertz CT molecular complexity index is 1630. The fraction of sp³-hybridized carbons (Fsp3) is 0.385. The van der Waals surface area contributed by atoms with Crippen molar-refractivity contribution in [2.75, 3.05) is 11.1 Å². The van der Waals surface area contributed by atoms with E-state index in [2.05, 4.69) is 5.32 Å². The predicted molar refractivity (Wildman–Crippen MR) is 140 cm³/mol. The van der Waals surface area contributed by atoms with Gasteiger partial charge in [-0.3, -0.25) is 19.0 Å². The molecule has 3 heterocycles. The molecule has 1 atom stereocenters. The Kier molecular flexibility index (Phi) is 6.27. The topological polar surface area (TPSA) is 151 Å². The Morgan fingerprint density at radius 2 is 1.84 bits per heavy atom. The smallest absolute Gasteiger partial charge is 0.337 e. The average Bonchev–Trinajstić information content (AvgIpc) is 2.86. The van der Waals surface area contributed by atoms with Crippen molar-refractivity contribution in [1.29, 1.82) is 0 Å². The van der Waals surface area contributed by atoms with Crippen molar-refractivity contribution in [3.63, 3.8) is 0 Å². The lowest BCUT2D eigenvalue weighted by Crippen LogP contribution is -2.50. The number of fused-ring (bicyclic) bond motifs is 1. The minimum absolute atomic E-state index is 0.0367. The number of aryl methyl sites for hydroxylation is 1. The number of phenols is 1. The molecule has 2 aromatic heterocycles. The molecule has 0 spiro atoms. The van der Waals surface area contributed by atoms with Gasteiger partial charge >= 0.3 is 5.69 Å². The van der Waals surface area contributed by atoms with Gasteiger partial charge in [-0.25, -0.2) is 9.36 Å². The maximum Gasteiger partial charge on any atom is 0.337 e. The van der Waals surface area contributed by atoms with Crippen LogP contribution in [0.15, 0.2) is 32.7 Å². The van der Waals surface area contributed by atoms with E-state index in [1.54, 1.807) is 20.8 Å². The number of anilines is 2. The van der Waals surface area contributed by atoms with Crippen LogP contribution in [0, 0.1) is 20.8 Å². The van der Waals surface area contributed by atoms with E-state index in [1.807, 2.05) is 13.8 Å². The lowest BCUT2D eigenvalue weighted by atomic mass is 9.86. The van der Waals surface area contributed by atoms with Crippen molar-refractivity contribution in [3.8, 4) is 17.2 Å². The number of aromatic nitrogens is 3. The number of nitrogens with one attached hydrogen (secondary N) is 1. The van der Waals surface area contributed by atoms with Crippen LogP contribution in [0.2, 0.25) is 0 Å². The predicted octanol–water partition coefficient (Wildman–Crippen LogP) is 1.65. The second-order valence-electron chi connectivity index (χ2n) is 9.58. The first kappa shape index (κ1) is 25.8. The van der Waals surface area contributed by atoms with Gasteiger partial charge in [-0.05, 0) is 63.8 Å². The Hall–Kier alpha value is -4.28. The summed E-state index contributed by atoms with van der Waals surface area (Å²) in [5.41, 5.74) is 6.15. The van der Waals surface area contributed by atoms with E-state index in [-0.39, 0.29) is 41.5 Å². The summed E-state index contributed by atoms with van der Waals surface area (Å²) in [6.07, 6.45) is 2.18. The monoisotopic (exact) mass is 509 g/mol. The Balaban J connectivity index is 1.80. The van der Waals surface area contributed by atoms with Crippen molar-refractivity contribution >= 4 is 17.4 Å². The zero-order valence-corrected chi connectivity index (χ0v) is 21.8. The van der Waals surface area contributed by atoms with Gasteiger partial charge < -0.3 is 25.5 Å². The van der Waals surface area contributed by atoms with Gasteiger partial charge in [0.1, 0.15) is 23.0 Å². The minimum Gasteiger partial charge on any atom is -0.507 e. The van der Waals surface area contributed by atoms with Crippen LogP contribution in [-0.2, 0) is 24.8 Å². The fourth-order valence-electron chi connectivity index (χ4n) is 4.68. The molecule has 1 unspecified atom stereocenters. The normalized spacial score (nSPS) is 16.7. The number of amides is 1. The van der Waals surface area contributed by atoms with Crippen LogP contribution in [-0.4, -0.2) is 30.3 Å². The van der Waals surface area contributed by atoms with Crippen molar-refractivity contribution < 1.29 is 14.6 Å². The summed E-state index contributed by atoms with van der Waals surface area (Å²) in [5, 5.41) is 13.0. The number of carbonyl (C=O) groups is 1. The van der Waals surface area contributed by atoms with Crippen LogP contribution in [0.25, 0.3) is 5.69 Å². The van der Waals surface area contributed by atoms with E-state index < -0.39 is 22.8 Å². The summed E-state index contributed by atoms with van der Waals surface area (Å²) in [6.45, 7) is 8.70. The highest BCUT2D eigenvalue weighted by Crippen LogP contribution is 2.43. The molecule has 0 aliphatic carbocycles. The highest BCUT2D eigenvalue weighted by Gasteiger charge is 2.41. The van der Waals surface area contributed by atoms with Crippen LogP contribution in [0.1, 0.15) is 42.5 Å². The first-order chi connectivity index (χ1) is 17.3. The molecule has 1 aliphatic rings. The molecule has 0 radical (unpaired) electrons. The number of nitrogen functional groups attached to an aromatic ring is 1. The molecule has 11 heteroatoms. The summed E-state index contributed by atoms with van der Waals surface area (Å²) in [4.78, 5) is 51.7. The first-order valence-corrected chi connectivity index (χ1v) is 12.0. The van der Waals surface area contributed by atoms with Gasteiger partial charge in [0.2, 0.25) is 5.56 Å². The molecular formula is C26H31N5O6. The summed E-state index contributed by atoms with van der Waals surface area (Å²) in [5.74, 6) is -0.121. The molecule has 11 nitrogen and oxygen atoms in total. The summed E-state index contributed by atoms with van der Waals surface area (Å²) < 4.78 is 9.54. The quantitative estimate of drug-likeness (QED) is 0.484. The number of pyridine rings is 1. The number of carbonyl (C=O) groups excluding carboxylic acids is 1. The molecule has 4 rings (SSSR count). The zero-order chi connectivity index (χ0) is 27.4. The lowest BCUT2D eigenvalue weighted by Gasteiger charge is -2.36. The Labute approximate surface area is 212 Å². The van der Waals surface area contributed by atoms with Gasteiger partial charge in [-0.1, -0.05) is 0 Å². The molecule has 37 heavy (non-hydrogen) atoms. The Morgan fingerprint density at radius 1 is 1.16 bits per heavy atom. The summed E-state index contributed by atoms with van der Waals surface area (Å²) in [7, 11) is 1.52. The number of hydrogen-bond acceptors (Lipinski definition) is 7. The maximum atomic E-state index is 13.6. The van der Waals surface area contributed by atoms with E-state index in [1.165, 1.54) is 29.9 Å². The minimum atomic E-state index is -1.35. The molecule has 0 saturated heterocycles. The maximum absolute atomic E-state index is 13.6. The van der Waals surface area contributed by atoms with Gasteiger partial charge in [0, 0.05) is 37.8 Å². The third kappa shape index (κ3) is 4.00. The van der Waals surface area contributed by atoms with Crippen LogP contribution >= 0.6 is 0 Å². The number of benzene rings is 1. The molecule has 1 amide bonds. The molecular weight excluding hydrogens is 478 g/mol. The lowest BCUT2D eigenvalue weighted by molar-refractivity contribution is -0.131. The SMILES string of the molecule is CCn1c(=O)c(NC(=O)C2(C)CCc3c(C)c(O)c(C)c(C)c3O2)c(N)n(-c2ccc(=O)n(C)c2)c1=O. The summed E-state index contributed by atoms with van der Waals surface area (Å²) >= 11 is 0. The largest absolute Gasteiger partial charge is 0.507 e. The highest BCUT2D eigenvalue weighted by atomic mass is 16.5. The number of nitrogens with zero attached hydrogens (tertiary/aromatic N) is 3. The van der Waals surface area contributed by atoms with Crippen LogP contribution < -0.4 is 32.6 Å². The molecule has 0 saturated carbocycles. The van der Waals surface area contributed by atoms with E-state index >= 15 is 0 Å². The van der Waals surface area contributed by atoms with E-state index in [9.17, 15) is 24.3 Å². The van der Waals surface area contributed by atoms with Crippen LogP contribution in [0.3, 0.4) is 0 Å². The second kappa shape index (κ2) is 8.99. The Morgan fingerprint density at radius 3 is 2.46 bits per heavy atom. The van der Waals surface area contributed by atoms with Crippen LogP contribution in [0.5, 0.6) is 11.5 Å². The molecule has 3 aromatic rings. The second-order valence-corrected chi connectivity index (χ2v) is 9.58. The number of hydrogen-bond donors (Lipinski definition) is 3. The van der Waals surface area contributed by atoms with Crippen molar-refractivity contribution in [1.82, 2.24) is 13.7 Å². The van der Waals surface area contributed by atoms with Gasteiger partial charge in [0.15, 0.2) is 5.60 Å². The van der Waals surface area contributed by atoms with Gasteiger partial charge in [0.25, 0.3) is 11.5 Å². The zero-order valence-electron chi connectivity index (χ0n) is 21.8. The molecule has 4 N–H and O–H groups in total. The van der Waals surface area contributed by atoms with Crippen molar-refractivity contribution in [3.05, 3.63) is 71.8 Å². The molecule has 0 fully saturated rings. The first-order valence-electron chi connectivity index (χ1n) is 12.0. The van der Waals surface area contributed by atoms with Gasteiger partial charge in [0.05, 0.1) is 5.69 Å². The van der Waals surface area contributed by atoms with Gasteiger partial charge in [-0.2, -0.15) is 0 Å². The third-order valence-electron chi connectivity index (χ3n) is 7.26. The number of nitrogens with two attached hydrogens (primary N) is 1. The average molecular weight is 510 g/mol. The number of ether oxygens (including phenoxy) is 1. The summed E-state index contributed by atoms with van der Waals surface area (Å²) in [6, 6.07) is 2.70. The fourth-order valence-corrected chi connectivity index (χ4v) is 4.68. The number of aromatic hydroxyl groups is 1. The molecule has 1 aromatic carbocycles. The molecule has 1 aliphatic heterocycles. The number of phenolic OH excluding ortho intramolecular Hbond substituents is 1. The van der Waals surface area contributed by atoms with E-state index in [0.29, 0.717) is 23.3 Å². The van der Waals surface area contributed by atoms with E-state index in [0.717, 1.165) is 20.3 Å². The number of rotatable bonds is 4. The van der Waals surface area contributed by atoms with Gasteiger partial charge in [-0.15, -0.1) is 0 Å². The standard InChI is InChI=1S/C26H31N5O6/c1-7-30-23(34)19(22(27)31(25(30)36)16-8-9-18(32)29(6)12-16)28-24(35)26(5)11-10-17-15(4)20(33)13(2)14(3)21(17)37-26/h8-9,12,33H,7,10-11,27H2,1-6H3,(H,28,35). The molecule has 0 bridgehead atoms. The van der Waals surface area contributed by atoms with E-state index in [4.69, 9.17) is 10.5 Å². The van der Waals surface area contributed by atoms with Crippen LogP contribution in [0.4, 0.5) is 11.5 Å². The van der Waals surface area contributed by atoms with Crippen molar-refractivity contribution in [2.45, 2.75) is 59.6 Å². The third-order valence-corrected chi connectivity index (χ3v) is 7.26. The highest BCUT2D eigenvalue weighted by molar-refractivity contribution is 5.99. The molecule has 196 valence electrons.